The Hall–Kier alpha value is -1.94. The number of hydrogen-bond donors (Lipinski definition) is 0. The minimum Gasteiger partial charge on any atom is -0.294 e. The zero-order chi connectivity index (χ0) is 62.0. The number of hydrogen-bond acceptors (Lipinski definition) is 18. The van der Waals surface area contributed by atoms with E-state index in [1.165, 1.54) is 5.69 Å². The lowest BCUT2D eigenvalue weighted by Crippen LogP contribution is -2.13. The molecule has 4 aromatic heterocycles. The van der Waals surface area contributed by atoms with Crippen LogP contribution in [0.15, 0.2) is 24.4 Å². The van der Waals surface area contributed by atoms with Crippen LogP contribution >= 0.6 is 94.1 Å². The Morgan fingerprint density at radius 1 is 0.402 bits per heavy atom. The number of nitrogens with zero attached hydrogens (tertiary/aromatic N) is 10. The van der Waals surface area contributed by atoms with Crippen molar-refractivity contribution >= 4 is 117 Å². The number of fused-ring (bicyclic) bond motifs is 1. The van der Waals surface area contributed by atoms with Gasteiger partial charge in [0.1, 0.15) is 5.69 Å². The SMILES string of the molecule is CC(C)SCc1nc2ccc(C(=O)C(C)C)cc2nc1CSC(C)C.CC(C)SCc1ncc(C(=O)C(C)C)nc1CSC(C)C.CC(C)SCc1nn(C(C)C)nc1CSC(C)C.CC(C)SCc1nnn(C(C)C)c1CSC(C)C. The molecule has 0 spiro atoms. The molecule has 0 N–H and O–H groups in total. The lowest BCUT2D eigenvalue weighted by molar-refractivity contribution is 0.0929. The van der Waals surface area contributed by atoms with Gasteiger partial charge in [0.15, 0.2) is 11.6 Å². The minimum atomic E-state index is -0.0409. The van der Waals surface area contributed by atoms with Crippen LogP contribution in [0.4, 0.5) is 0 Å². The molecule has 5 rings (SSSR count). The Labute approximate surface area is 531 Å². The molecule has 0 unspecified atom stereocenters. The Bertz CT molecular complexity index is 2590. The van der Waals surface area contributed by atoms with E-state index < -0.39 is 0 Å². The molecule has 12 nitrogen and oxygen atoms in total. The number of carbonyl (C=O) groups excluding carboxylic acids is 2. The van der Waals surface area contributed by atoms with E-state index in [2.05, 4.69) is 174 Å². The summed E-state index contributed by atoms with van der Waals surface area (Å²) < 4.78 is 2.08. The number of ketones is 2. The highest BCUT2D eigenvalue weighted by Crippen LogP contribution is 2.29. The third-order valence-electron chi connectivity index (χ3n) is 11.4. The van der Waals surface area contributed by atoms with Crippen molar-refractivity contribution in [1.82, 2.24) is 49.9 Å². The molecule has 0 aliphatic rings. The van der Waals surface area contributed by atoms with E-state index in [1.54, 1.807) is 6.20 Å². The first-order chi connectivity index (χ1) is 38.4. The van der Waals surface area contributed by atoms with Gasteiger partial charge in [-0.1, -0.05) is 144 Å². The highest BCUT2D eigenvalue weighted by Gasteiger charge is 2.20. The number of Topliss-reactive ketones (excluding diaryl/α,β-unsaturated/α-hetero) is 2. The molecule has 0 saturated heterocycles. The fourth-order valence-electron chi connectivity index (χ4n) is 6.78. The third kappa shape index (κ3) is 29.6. The molecule has 0 aliphatic carbocycles. The molecule has 0 fully saturated rings. The van der Waals surface area contributed by atoms with Crippen molar-refractivity contribution in [2.45, 2.75) is 266 Å². The van der Waals surface area contributed by atoms with Gasteiger partial charge < -0.3 is 0 Å². The first-order valence-corrected chi connectivity index (χ1v) is 37.8. The van der Waals surface area contributed by atoms with Gasteiger partial charge in [0.25, 0.3) is 0 Å². The maximum absolute atomic E-state index is 12.3. The summed E-state index contributed by atoms with van der Waals surface area (Å²) in [6.07, 6.45) is 1.64. The van der Waals surface area contributed by atoms with Gasteiger partial charge in [0.2, 0.25) is 0 Å². The monoisotopic (exact) mass is 1280 g/mol. The van der Waals surface area contributed by atoms with Crippen molar-refractivity contribution in [1.29, 1.82) is 0 Å². The maximum atomic E-state index is 12.3. The first kappa shape index (κ1) is 76.2. The summed E-state index contributed by atoms with van der Waals surface area (Å²) in [5, 5.41) is 22.7. The molecule has 20 heteroatoms. The molecule has 4 heterocycles. The lowest BCUT2D eigenvalue weighted by atomic mass is 10.0. The Morgan fingerprint density at radius 2 is 0.768 bits per heavy atom. The molecule has 0 saturated carbocycles. The van der Waals surface area contributed by atoms with Gasteiger partial charge in [0.05, 0.1) is 68.8 Å². The summed E-state index contributed by atoms with van der Waals surface area (Å²) in [7, 11) is 0. The van der Waals surface area contributed by atoms with E-state index in [9.17, 15) is 9.59 Å². The van der Waals surface area contributed by atoms with Crippen molar-refractivity contribution in [2.75, 3.05) is 0 Å². The number of benzene rings is 1. The van der Waals surface area contributed by atoms with Gasteiger partial charge >= 0.3 is 0 Å². The van der Waals surface area contributed by atoms with Crippen molar-refractivity contribution in [3.8, 4) is 0 Å². The molecule has 0 aliphatic heterocycles. The quantitative estimate of drug-likeness (QED) is 0.0401. The van der Waals surface area contributed by atoms with E-state index in [4.69, 9.17) is 9.97 Å². The van der Waals surface area contributed by atoms with Crippen LogP contribution in [0.3, 0.4) is 0 Å². The predicted octanol–water partition coefficient (Wildman–Crippen LogP) is 18.6. The topological polar surface area (TPSA) is 147 Å². The smallest absolute Gasteiger partial charge is 0.185 e. The van der Waals surface area contributed by atoms with Crippen molar-refractivity contribution in [3.63, 3.8) is 0 Å². The van der Waals surface area contributed by atoms with Crippen LogP contribution in [0.1, 0.15) is 245 Å². The largest absolute Gasteiger partial charge is 0.294 e. The predicted molar refractivity (Wildman–Crippen MR) is 372 cm³/mol. The number of thioether (sulfide) groups is 8. The van der Waals surface area contributed by atoms with E-state index in [0.717, 1.165) is 102 Å². The summed E-state index contributed by atoms with van der Waals surface area (Å²) in [5.41, 5.74) is 11.8. The normalized spacial score (nSPS) is 11.9. The lowest BCUT2D eigenvalue weighted by Gasteiger charge is -2.13. The average Bonchev–Trinajstić information content (AvgIpc) is 4.06. The zero-order valence-electron chi connectivity index (χ0n) is 54.4. The van der Waals surface area contributed by atoms with Crippen LogP contribution in [-0.2, 0) is 46.0 Å². The van der Waals surface area contributed by atoms with Gasteiger partial charge in [-0.3, -0.25) is 14.6 Å². The molecule has 82 heavy (non-hydrogen) atoms. The van der Waals surface area contributed by atoms with E-state index in [0.29, 0.717) is 59.8 Å². The van der Waals surface area contributed by atoms with Crippen LogP contribution in [0.25, 0.3) is 11.0 Å². The van der Waals surface area contributed by atoms with Gasteiger partial charge in [-0.05, 0) is 87.9 Å². The molecular weight excluding hydrogens is 1170 g/mol. The zero-order valence-corrected chi connectivity index (χ0v) is 61.0. The van der Waals surface area contributed by atoms with E-state index >= 15 is 0 Å². The highest BCUT2D eigenvalue weighted by atomic mass is 32.2. The van der Waals surface area contributed by atoms with E-state index in [-0.39, 0.29) is 23.4 Å². The second kappa shape index (κ2) is 39.8. The summed E-state index contributed by atoms with van der Waals surface area (Å²) in [4.78, 5) is 45.1. The van der Waals surface area contributed by atoms with Crippen LogP contribution < -0.4 is 0 Å². The van der Waals surface area contributed by atoms with Crippen molar-refractivity contribution in [2.24, 2.45) is 11.8 Å². The van der Waals surface area contributed by atoms with Gasteiger partial charge in [-0.15, -0.1) is 5.10 Å². The van der Waals surface area contributed by atoms with Crippen molar-refractivity contribution < 1.29 is 9.59 Å². The average molecular weight is 1280 g/mol. The second-order valence-corrected chi connectivity index (χ2v) is 35.9. The highest BCUT2D eigenvalue weighted by molar-refractivity contribution is 8.00. The molecule has 0 radical (unpaired) electrons. The summed E-state index contributed by atoms with van der Waals surface area (Å²) in [6.45, 7) is 51.5. The Morgan fingerprint density at radius 3 is 1.16 bits per heavy atom. The standard InChI is InChI=1S/C20H28N2OS2.C16H26N2OS2.2C13H25N3S2/c1-12(2)20(23)15-7-8-16-17(9-15)22-19(11-25-14(5)6)18(21-16)10-24-13(3)4;1-10(2)16(19)13-7-17-14(8-20-11(3)4)15(18-13)9-21-12(5)6;1-9(2)16-13(8-18-11(5)6)12(14-15-16)7-17-10(3)4;1-9(2)16-14-12(7-17-10(3)4)13(15-16)8-18-11(5)6/h7-9,12-14H,10-11H2,1-6H3;7,10-12H,8-9H2,1-6H3;2*9-11H,7-8H2,1-6H3. The number of rotatable bonds is 30. The van der Waals surface area contributed by atoms with Crippen LogP contribution in [0, 0.1) is 11.8 Å². The van der Waals surface area contributed by atoms with Crippen LogP contribution in [0.5, 0.6) is 0 Å². The van der Waals surface area contributed by atoms with Gasteiger partial charge in [0, 0.05) is 69.5 Å². The van der Waals surface area contributed by atoms with E-state index in [1.807, 2.05) is 145 Å². The fraction of sp³-hybridized carbons (Fsp3) is 0.710. The minimum absolute atomic E-state index is 0.0110. The number of carbonyl (C=O) groups is 2. The molecular formula is C62H104N10O2S8. The summed E-state index contributed by atoms with van der Waals surface area (Å²) in [6, 6.07) is 6.43. The molecule has 462 valence electrons. The second-order valence-electron chi connectivity index (χ2n) is 23.4. The molecule has 0 bridgehead atoms. The summed E-state index contributed by atoms with van der Waals surface area (Å²) in [5.74, 6) is 7.50. The molecule has 0 atom stereocenters. The van der Waals surface area contributed by atoms with Crippen molar-refractivity contribution in [3.05, 3.63) is 81.2 Å². The molecule has 1 aromatic carbocycles. The molecule has 5 aromatic rings. The Kier molecular flexibility index (Phi) is 36.9. The first-order valence-electron chi connectivity index (χ1n) is 29.4. The summed E-state index contributed by atoms with van der Waals surface area (Å²) >= 11 is 15.2. The fourth-order valence-corrected chi connectivity index (χ4v) is 12.6. The van der Waals surface area contributed by atoms with Crippen LogP contribution in [-0.4, -0.2) is 103 Å². The maximum Gasteiger partial charge on any atom is 0.185 e. The van der Waals surface area contributed by atoms with Crippen LogP contribution in [0.2, 0.25) is 0 Å². The van der Waals surface area contributed by atoms with Gasteiger partial charge in [-0.2, -0.15) is 109 Å². The number of aromatic nitrogens is 10. The molecule has 0 amide bonds. The Balaban J connectivity index is 0.000000377. The third-order valence-corrected chi connectivity index (χ3v) is 20.2. The van der Waals surface area contributed by atoms with Gasteiger partial charge in [-0.25, -0.2) is 19.6 Å².